The van der Waals surface area contributed by atoms with Gasteiger partial charge in [0.2, 0.25) is 0 Å². The molecule has 0 radical (unpaired) electrons. The maximum atomic E-state index is 4.69. The number of guanidine groups is 1. The van der Waals surface area contributed by atoms with Gasteiger partial charge >= 0.3 is 0 Å². The molecule has 130 valence electrons. The Labute approximate surface area is 144 Å². The van der Waals surface area contributed by atoms with Gasteiger partial charge in [-0.1, -0.05) is 13.8 Å². The number of hydrogen-bond donors (Lipinski definition) is 2. The summed E-state index contributed by atoms with van der Waals surface area (Å²) in [5, 5.41) is 10.1. The lowest BCUT2D eigenvalue weighted by Gasteiger charge is -2.25. The maximum Gasteiger partial charge on any atom is 0.191 e. The Hall–Kier alpha value is -1.14. The second kappa shape index (κ2) is 8.64. The number of rotatable bonds is 8. The van der Waals surface area contributed by atoms with Crippen LogP contribution in [0.15, 0.2) is 10.4 Å². The molecule has 0 amide bonds. The van der Waals surface area contributed by atoms with Crippen LogP contribution in [0, 0.1) is 5.92 Å². The summed E-state index contributed by atoms with van der Waals surface area (Å²) in [4.78, 5) is 11.7. The molecule has 0 saturated heterocycles. The van der Waals surface area contributed by atoms with E-state index in [9.17, 15) is 0 Å². The molecule has 2 N–H and O–H groups in total. The third-order valence-corrected chi connectivity index (χ3v) is 5.04. The third-order valence-electron chi connectivity index (χ3n) is 4.19. The van der Waals surface area contributed by atoms with Crippen molar-refractivity contribution in [2.24, 2.45) is 10.9 Å². The predicted molar refractivity (Wildman–Crippen MR) is 99.2 cm³/mol. The second-order valence-electron chi connectivity index (χ2n) is 6.77. The lowest BCUT2D eigenvalue weighted by molar-refractivity contribution is 0.264. The summed E-state index contributed by atoms with van der Waals surface area (Å²) in [6.45, 7) is 8.90. The monoisotopic (exact) mass is 337 g/mol. The molecular weight excluding hydrogens is 306 g/mol. The van der Waals surface area contributed by atoms with Gasteiger partial charge in [-0.15, -0.1) is 11.3 Å². The van der Waals surface area contributed by atoms with Gasteiger partial charge in [0.05, 0.1) is 12.2 Å². The Kier molecular flexibility index (Phi) is 6.84. The average Bonchev–Trinajstić information content (AvgIpc) is 3.21. The summed E-state index contributed by atoms with van der Waals surface area (Å²) in [6.07, 6.45) is 2.71. The molecule has 1 aliphatic carbocycles. The van der Waals surface area contributed by atoms with E-state index in [0.29, 0.717) is 18.5 Å². The Bertz CT molecular complexity index is 503. The molecule has 1 unspecified atom stereocenters. The topological polar surface area (TPSA) is 52.6 Å². The van der Waals surface area contributed by atoms with E-state index in [1.54, 1.807) is 11.3 Å². The number of aliphatic imine (C=N–C) groups is 1. The van der Waals surface area contributed by atoms with Crippen molar-refractivity contribution in [1.29, 1.82) is 0 Å². The van der Waals surface area contributed by atoms with E-state index in [2.05, 4.69) is 60.8 Å². The number of aromatic nitrogens is 1. The Morgan fingerprint density at radius 1 is 1.39 bits per heavy atom. The molecule has 1 aromatic heterocycles. The quantitative estimate of drug-likeness (QED) is 0.566. The molecule has 0 bridgehead atoms. The molecule has 1 aliphatic rings. The molecule has 23 heavy (non-hydrogen) atoms. The van der Waals surface area contributed by atoms with Crippen LogP contribution in [0.2, 0.25) is 0 Å². The number of hydrogen-bond acceptors (Lipinski definition) is 4. The van der Waals surface area contributed by atoms with Crippen molar-refractivity contribution in [2.75, 3.05) is 27.2 Å². The van der Waals surface area contributed by atoms with Gasteiger partial charge < -0.3 is 15.5 Å². The predicted octanol–water partition coefficient (Wildman–Crippen LogP) is 2.66. The smallest absolute Gasteiger partial charge is 0.191 e. The number of thiazole rings is 1. The number of likely N-dealkylation sites (N-methyl/N-ethyl adjacent to an activating group) is 1. The normalized spacial score (nSPS) is 16.9. The van der Waals surface area contributed by atoms with Crippen molar-refractivity contribution in [3.63, 3.8) is 0 Å². The lowest BCUT2D eigenvalue weighted by Crippen LogP contribution is -2.46. The highest BCUT2D eigenvalue weighted by Crippen LogP contribution is 2.34. The first-order chi connectivity index (χ1) is 11.0. The van der Waals surface area contributed by atoms with E-state index in [1.165, 1.54) is 18.5 Å². The van der Waals surface area contributed by atoms with Crippen molar-refractivity contribution >= 4 is 17.3 Å². The largest absolute Gasteiger partial charge is 0.357 e. The minimum atomic E-state index is 0.481. The minimum absolute atomic E-state index is 0.481. The summed E-state index contributed by atoms with van der Waals surface area (Å²) < 4.78 is 0. The summed E-state index contributed by atoms with van der Waals surface area (Å²) in [5.41, 5.74) is 1.17. The zero-order valence-electron chi connectivity index (χ0n) is 15.1. The molecule has 2 rings (SSSR count). The molecule has 1 fully saturated rings. The van der Waals surface area contributed by atoms with Crippen LogP contribution in [0.4, 0.5) is 0 Å². The van der Waals surface area contributed by atoms with Crippen molar-refractivity contribution < 1.29 is 0 Å². The highest BCUT2D eigenvalue weighted by Gasteiger charge is 2.32. The van der Waals surface area contributed by atoms with Gasteiger partial charge in [0.1, 0.15) is 5.01 Å². The highest BCUT2D eigenvalue weighted by atomic mass is 32.1. The molecule has 1 atom stereocenters. The summed E-state index contributed by atoms with van der Waals surface area (Å²) in [5.74, 6) is 2.21. The van der Waals surface area contributed by atoms with Crippen LogP contribution in [0.25, 0.3) is 0 Å². The zero-order valence-corrected chi connectivity index (χ0v) is 15.9. The van der Waals surface area contributed by atoms with Crippen LogP contribution in [-0.2, 0) is 6.54 Å². The van der Waals surface area contributed by atoms with Gasteiger partial charge in [-0.2, -0.15) is 0 Å². The molecule has 6 heteroatoms. The average molecular weight is 338 g/mol. The maximum absolute atomic E-state index is 4.69. The zero-order chi connectivity index (χ0) is 16.8. The van der Waals surface area contributed by atoms with Crippen molar-refractivity contribution in [1.82, 2.24) is 20.5 Å². The first-order valence-electron chi connectivity index (χ1n) is 8.64. The van der Waals surface area contributed by atoms with Gasteiger partial charge in [0.25, 0.3) is 0 Å². The first-order valence-corrected chi connectivity index (χ1v) is 9.52. The fourth-order valence-electron chi connectivity index (χ4n) is 2.60. The SMILES string of the molecule is CCNC(=NCc1nc(C(C)C)cs1)NCC(C1CC1)N(C)C. The summed E-state index contributed by atoms with van der Waals surface area (Å²) in [7, 11) is 4.33. The number of nitrogens with one attached hydrogen (secondary N) is 2. The van der Waals surface area contributed by atoms with E-state index in [1.807, 2.05) is 0 Å². The van der Waals surface area contributed by atoms with Crippen molar-refractivity contribution in [2.45, 2.75) is 52.1 Å². The van der Waals surface area contributed by atoms with Gasteiger partial charge in [-0.05, 0) is 45.7 Å². The first kappa shape index (κ1) is 18.2. The molecule has 5 nitrogen and oxygen atoms in total. The molecule has 1 aromatic rings. The molecule has 1 saturated carbocycles. The molecular formula is C17H31N5S. The summed E-state index contributed by atoms with van der Waals surface area (Å²) in [6, 6.07) is 0.589. The molecule has 0 aliphatic heterocycles. The third kappa shape index (κ3) is 5.77. The van der Waals surface area contributed by atoms with Crippen LogP contribution < -0.4 is 10.6 Å². The summed E-state index contributed by atoms with van der Waals surface area (Å²) >= 11 is 1.70. The van der Waals surface area contributed by atoms with E-state index in [0.717, 1.165) is 30.0 Å². The van der Waals surface area contributed by atoms with E-state index in [4.69, 9.17) is 4.99 Å². The van der Waals surface area contributed by atoms with Gasteiger partial charge in [0.15, 0.2) is 5.96 Å². The van der Waals surface area contributed by atoms with Gasteiger partial charge in [0, 0.05) is 24.5 Å². The van der Waals surface area contributed by atoms with Gasteiger partial charge in [-0.25, -0.2) is 9.98 Å². The Balaban J connectivity index is 1.90. The second-order valence-corrected chi connectivity index (χ2v) is 7.71. The molecule has 0 spiro atoms. The minimum Gasteiger partial charge on any atom is -0.357 e. The van der Waals surface area contributed by atoms with E-state index < -0.39 is 0 Å². The standard InChI is InChI=1S/C17H31N5S/c1-6-18-17(19-9-15(22(4)5)13-7-8-13)20-10-16-21-14(11-23-16)12(2)3/h11-13,15H,6-10H2,1-5H3,(H2,18,19,20). The van der Waals surface area contributed by atoms with Crippen LogP contribution >= 0.6 is 11.3 Å². The van der Waals surface area contributed by atoms with Crippen molar-refractivity contribution in [3.05, 3.63) is 16.1 Å². The molecule has 0 aromatic carbocycles. The Morgan fingerprint density at radius 3 is 2.65 bits per heavy atom. The van der Waals surface area contributed by atoms with Crippen LogP contribution in [0.1, 0.15) is 50.2 Å². The highest BCUT2D eigenvalue weighted by molar-refractivity contribution is 7.09. The lowest BCUT2D eigenvalue weighted by atomic mass is 10.1. The van der Waals surface area contributed by atoms with Crippen LogP contribution in [-0.4, -0.2) is 49.1 Å². The fourth-order valence-corrected chi connectivity index (χ4v) is 3.48. The van der Waals surface area contributed by atoms with E-state index >= 15 is 0 Å². The van der Waals surface area contributed by atoms with Gasteiger partial charge in [-0.3, -0.25) is 0 Å². The Morgan fingerprint density at radius 2 is 2.13 bits per heavy atom. The van der Waals surface area contributed by atoms with Crippen molar-refractivity contribution in [3.8, 4) is 0 Å². The molecule has 1 heterocycles. The van der Waals surface area contributed by atoms with E-state index in [-0.39, 0.29) is 0 Å². The number of nitrogens with zero attached hydrogens (tertiary/aromatic N) is 3. The van der Waals surface area contributed by atoms with Crippen LogP contribution in [0.3, 0.4) is 0 Å². The van der Waals surface area contributed by atoms with Crippen LogP contribution in [0.5, 0.6) is 0 Å². The fraction of sp³-hybridized carbons (Fsp3) is 0.765.